The molecule has 92 valence electrons. The molecule has 2 aromatic carbocycles. The van der Waals surface area contributed by atoms with Crippen molar-refractivity contribution in [3.05, 3.63) is 52.7 Å². The van der Waals surface area contributed by atoms with Gasteiger partial charge in [-0.25, -0.2) is 0 Å². The van der Waals surface area contributed by atoms with Gasteiger partial charge in [0.2, 0.25) is 0 Å². The van der Waals surface area contributed by atoms with Gasteiger partial charge in [0.05, 0.1) is 9.26 Å². The monoisotopic (exact) mass is 575 g/mol. The number of hydrogen-bond acceptors (Lipinski definition) is 2. The molecule has 0 aliphatic carbocycles. The van der Waals surface area contributed by atoms with Crippen LogP contribution in [0.5, 0.6) is 5.75 Å². The molecule has 5 heteroatoms. The number of para-hydroxylation sites is 1. The Morgan fingerprint density at radius 3 is 2.50 bits per heavy atom. The second kappa shape index (κ2) is 6.51. The van der Waals surface area contributed by atoms with Crippen LogP contribution in [0.2, 0.25) is 0 Å². The van der Waals surface area contributed by atoms with Crippen molar-refractivity contribution in [2.75, 3.05) is 0 Å². The number of aliphatic imine (C=N–C) groups is 1. The third-order valence-electron chi connectivity index (χ3n) is 2.27. The predicted octanol–water partition coefficient (Wildman–Crippen LogP) is 4.96. The number of aromatic hydroxyl groups is 1. The molecule has 0 saturated heterocycles. The normalized spacial score (nSPS) is 11.1. The molecule has 0 saturated carbocycles. The van der Waals surface area contributed by atoms with Gasteiger partial charge in [-0.3, -0.25) is 4.99 Å². The zero-order valence-corrected chi connectivity index (χ0v) is 15.5. The van der Waals surface area contributed by atoms with Crippen LogP contribution in [-0.2, 0) is 0 Å². The first-order valence-corrected chi connectivity index (χ1v) is 8.28. The number of benzene rings is 2. The van der Waals surface area contributed by atoms with Crippen molar-refractivity contribution in [1.82, 2.24) is 0 Å². The van der Waals surface area contributed by atoms with Crippen LogP contribution < -0.4 is 0 Å². The maximum atomic E-state index is 9.89. The van der Waals surface area contributed by atoms with E-state index in [2.05, 4.69) is 78.8 Å². The molecule has 2 nitrogen and oxygen atoms in total. The van der Waals surface area contributed by atoms with E-state index in [0.717, 1.165) is 18.4 Å². The topological polar surface area (TPSA) is 32.6 Å². The molecule has 0 unspecified atom stereocenters. The summed E-state index contributed by atoms with van der Waals surface area (Å²) in [5.74, 6) is 0.280. The quantitative estimate of drug-likeness (QED) is 0.399. The molecule has 2 aromatic rings. The summed E-state index contributed by atoms with van der Waals surface area (Å²) in [6.07, 6.45) is 1.70. The van der Waals surface area contributed by atoms with Crippen molar-refractivity contribution < 1.29 is 5.11 Å². The molecular formula is C13H8I3NO. The van der Waals surface area contributed by atoms with Crippen molar-refractivity contribution >= 4 is 79.7 Å². The fourth-order valence-electron chi connectivity index (χ4n) is 1.36. The summed E-state index contributed by atoms with van der Waals surface area (Å²) >= 11 is 6.64. The fourth-order valence-corrected chi connectivity index (χ4v) is 3.62. The lowest BCUT2D eigenvalue weighted by atomic mass is 10.2. The van der Waals surface area contributed by atoms with E-state index in [4.69, 9.17) is 0 Å². The first-order valence-electron chi connectivity index (χ1n) is 5.04. The summed E-state index contributed by atoms with van der Waals surface area (Å²) < 4.78 is 3.11. The zero-order valence-electron chi connectivity index (χ0n) is 9.07. The van der Waals surface area contributed by atoms with E-state index in [1.165, 1.54) is 3.57 Å². The maximum absolute atomic E-state index is 9.89. The molecule has 0 amide bonds. The standard InChI is InChI=1S/C13H8I3NO/c14-9-4-5-12(11(16)6-9)17-7-8-2-1-3-10(15)13(8)18/h1-7,18H. The predicted molar refractivity (Wildman–Crippen MR) is 100.0 cm³/mol. The number of rotatable bonds is 2. The summed E-state index contributed by atoms with van der Waals surface area (Å²) in [6, 6.07) is 11.7. The summed E-state index contributed by atoms with van der Waals surface area (Å²) in [5, 5.41) is 9.89. The molecule has 0 heterocycles. The third kappa shape index (κ3) is 3.56. The van der Waals surface area contributed by atoms with Crippen LogP contribution in [0, 0.1) is 10.7 Å². The summed E-state index contributed by atoms with van der Waals surface area (Å²) in [6.45, 7) is 0. The summed E-state index contributed by atoms with van der Waals surface area (Å²) in [5.41, 5.74) is 1.64. The van der Waals surface area contributed by atoms with Crippen molar-refractivity contribution in [2.24, 2.45) is 4.99 Å². The van der Waals surface area contributed by atoms with Crippen molar-refractivity contribution in [3.8, 4) is 5.75 Å². The highest BCUT2D eigenvalue weighted by molar-refractivity contribution is 14.1. The lowest BCUT2D eigenvalue weighted by Gasteiger charge is -2.02. The van der Waals surface area contributed by atoms with E-state index in [1.807, 2.05) is 30.3 Å². The molecule has 0 aromatic heterocycles. The first-order chi connectivity index (χ1) is 8.58. The highest BCUT2D eigenvalue weighted by Crippen LogP contribution is 2.25. The molecule has 0 bridgehead atoms. The Morgan fingerprint density at radius 1 is 1.00 bits per heavy atom. The SMILES string of the molecule is Oc1c(I)cccc1C=Nc1ccc(I)cc1I. The molecule has 2 rings (SSSR count). The zero-order chi connectivity index (χ0) is 13.1. The Balaban J connectivity index is 2.33. The van der Waals surface area contributed by atoms with Gasteiger partial charge in [-0.05, 0) is 98.1 Å². The highest BCUT2D eigenvalue weighted by atomic mass is 127. The van der Waals surface area contributed by atoms with Gasteiger partial charge >= 0.3 is 0 Å². The van der Waals surface area contributed by atoms with Gasteiger partial charge in [-0.2, -0.15) is 0 Å². The van der Waals surface area contributed by atoms with Crippen LogP contribution in [0.4, 0.5) is 5.69 Å². The number of hydrogen-bond donors (Lipinski definition) is 1. The minimum Gasteiger partial charge on any atom is -0.506 e. The molecule has 0 spiro atoms. The van der Waals surface area contributed by atoms with Gasteiger partial charge < -0.3 is 5.11 Å². The lowest BCUT2D eigenvalue weighted by Crippen LogP contribution is -1.85. The molecule has 0 aliphatic rings. The summed E-state index contributed by atoms with van der Waals surface area (Å²) in [4.78, 5) is 4.42. The van der Waals surface area contributed by atoms with E-state index in [1.54, 1.807) is 6.21 Å². The van der Waals surface area contributed by atoms with Gasteiger partial charge in [0.25, 0.3) is 0 Å². The van der Waals surface area contributed by atoms with Crippen LogP contribution in [0.15, 0.2) is 41.4 Å². The largest absolute Gasteiger partial charge is 0.506 e. The molecular weight excluding hydrogens is 567 g/mol. The van der Waals surface area contributed by atoms with Crippen LogP contribution in [0.1, 0.15) is 5.56 Å². The van der Waals surface area contributed by atoms with E-state index < -0.39 is 0 Å². The van der Waals surface area contributed by atoms with Crippen molar-refractivity contribution in [1.29, 1.82) is 0 Å². The number of phenols is 1. The maximum Gasteiger partial charge on any atom is 0.137 e. The van der Waals surface area contributed by atoms with E-state index in [0.29, 0.717) is 0 Å². The van der Waals surface area contributed by atoms with Gasteiger partial charge in [-0.1, -0.05) is 6.07 Å². The lowest BCUT2D eigenvalue weighted by molar-refractivity contribution is 0.470. The Bertz CT molecular complexity index is 611. The van der Waals surface area contributed by atoms with Gasteiger partial charge in [0.1, 0.15) is 5.75 Å². The number of nitrogens with zero attached hydrogens (tertiary/aromatic N) is 1. The molecule has 1 N–H and O–H groups in total. The highest BCUT2D eigenvalue weighted by Gasteiger charge is 2.02. The molecule has 18 heavy (non-hydrogen) atoms. The van der Waals surface area contributed by atoms with Gasteiger partial charge in [0.15, 0.2) is 0 Å². The van der Waals surface area contributed by atoms with E-state index in [-0.39, 0.29) is 5.75 Å². The molecule has 0 atom stereocenters. The van der Waals surface area contributed by atoms with Crippen molar-refractivity contribution in [3.63, 3.8) is 0 Å². The van der Waals surface area contributed by atoms with Gasteiger partial charge in [-0.15, -0.1) is 0 Å². The number of phenolic OH excluding ortho intramolecular Hbond substituents is 1. The average molecular weight is 575 g/mol. The fraction of sp³-hybridized carbons (Fsp3) is 0. The van der Waals surface area contributed by atoms with Crippen LogP contribution >= 0.6 is 67.8 Å². The molecule has 0 aliphatic heterocycles. The second-order valence-corrected chi connectivity index (χ2v) is 7.10. The minimum atomic E-state index is 0.280. The Labute approximate surface area is 146 Å². The van der Waals surface area contributed by atoms with Crippen LogP contribution in [0.3, 0.4) is 0 Å². The smallest absolute Gasteiger partial charge is 0.137 e. The van der Waals surface area contributed by atoms with Crippen LogP contribution in [0.25, 0.3) is 0 Å². The van der Waals surface area contributed by atoms with Gasteiger partial charge in [0, 0.05) is 18.9 Å². The van der Waals surface area contributed by atoms with Crippen molar-refractivity contribution in [2.45, 2.75) is 0 Å². The Kier molecular flexibility index (Phi) is 5.24. The second-order valence-electron chi connectivity index (χ2n) is 3.53. The average Bonchev–Trinajstić information content (AvgIpc) is 2.33. The van der Waals surface area contributed by atoms with Crippen LogP contribution in [-0.4, -0.2) is 11.3 Å². The minimum absolute atomic E-state index is 0.280. The summed E-state index contributed by atoms with van der Waals surface area (Å²) in [7, 11) is 0. The number of halogens is 3. The third-order valence-corrected chi connectivity index (χ3v) is 4.68. The Hall–Kier alpha value is 0.1000. The van der Waals surface area contributed by atoms with E-state index in [9.17, 15) is 5.11 Å². The molecule has 0 radical (unpaired) electrons. The van der Waals surface area contributed by atoms with E-state index >= 15 is 0 Å². The Morgan fingerprint density at radius 2 is 1.78 bits per heavy atom. The first kappa shape index (κ1) is 14.5. The molecule has 0 fully saturated rings.